The quantitative estimate of drug-likeness (QED) is 0.760. The maximum atomic E-state index is 5.48. The zero-order chi connectivity index (χ0) is 14.7. The molecule has 0 spiro atoms. The van der Waals surface area contributed by atoms with Crippen LogP contribution in [0.1, 0.15) is 36.3 Å². The second-order valence-corrected chi connectivity index (χ2v) is 5.27. The number of benzene rings is 1. The molecule has 0 saturated heterocycles. The van der Waals surface area contributed by atoms with Gasteiger partial charge in [-0.25, -0.2) is 0 Å². The molecule has 3 nitrogen and oxygen atoms in total. The van der Waals surface area contributed by atoms with Crippen LogP contribution in [-0.4, -0.2) is 11.5 Å². The topological polar surface area (TPSA) is 38.1 Å². The zero-order valence-electron chi connectivity index (χ0n) is 12.5. The SMILES string of the molecule is CCCNC(c1ccc2cccnc2c1)c1ccoc1C. The Kier molecular flexibility index (Phi) is 4.02. The summed E-state index contributed by atoms with van der Waals surface area (Å²) in [5, 5.41) is 4.77. The van der Waals surface area contributed by atoms with Gasteiger partial charge < -0.3 is 9.73 Å². The van der Waals surface area contributed by atoms with Crippen molar-refractivity contribution < 1.29 is 4.42 Å². The highest BCUT2D eigenvalue weighted by Crippen LogP contribution is 2.27. The number of pyridine rings is 1. The van der Waals surface area contributed by atoms with Crippen molar-refractivity contribution in [3.63, 3.8) is 0 Å². The average molecular weight is 280 g/mol. The van der Waals surface area contributed by atoms with Gasteiger partial charge >= 0.3 is 0 Å². The van der Waals surface area contributed by atoms with E-state index in [0.29, 0.717) is 0 Å². The fraction of sp³-hybridized carbons (Fsp3) is 0.278. The lowest BCUT2D eigenvalue weighted by Gasteiger charge is -2.19. The minimum atomic E-state index is 0.148. The lowest BCUT2D eigenvalue weighted by Crippen LogP contribution is -2.23. The first kappa shape index (κ1) is 13.8. The zero-order valence-corrected chi connectivity index (χ0v) is 12.5. The first-order chi connectivity index (χ1) is 10.3. The van der Waals surface area contributed by atoms with Gasteiger partial charge in [0.05, 0.1) is 17.8 Å². The van der Waals surface area contributed by atoms with Gasteiger partial charge in [-0.15, -0.1) is 0 Å². The maximum Gasteiger partial charge on any atom is 0.105 e. The minimum Gasteiger partial charge on any atom is -0.469 e. The van der Waals surface area contributed by atoms with Crippen molar-refractivity contribution in [2.24, 2.45) is 0 Å². The van der Waals surface area contributed by atoms with Gasteiger partial charge in [0.1, 0.15) is 5.76 Å². The third kappa shape index (κ3) is 2.83. The predicted octanol–water partition coefficient (Wildman–Crippen LogP) is 4.23. The van der Waals surface area contributed by atoms with Crippen LogP contribution in [-0.2, 0) is 0 Å². The van der Waals surface area contributed by atoms with Gasteiger partial charge in [-0.3, -0.25) is 4.98 Å². The fourth-order valence-corrected chi connectivity index (χ4v) is 2.65. The fourth-order valence-electron chi connectivity index (χ4n) is 2.65. The van der Waals surface area contributed by atoms with Crippen molar-refractivity contribution in [1.82, 2.24) is 10.3 Å². The van der Waals surface area contributed by atoms with E-state index in [-0.39, 0.29) is 6.04 Å². The van der Waals surface area contributed by atoms with Gasteiger partial charge in [0.15, 0.2) is 0 Å². The summed E-state index contributed by atoms with van der Waals surface area (Å²) in [6, 6.07) is 12.7. The smallest absolute Gasteiger partial charge is 0.105 e. The summed E-state index contributed by atoms with van der Waals surface area (Å²) in [5.74, 6) is 0.963. The highest BCUT2D eigenvalue weighted by Gasteiger charge is 2.17. The predicted molar refractivity (Wildman–Crippen MR) is 85.3 cm³/mol. The molecule has 0 amide bonds. The highest BCUT2D eigenvalue weighted by atomic mass is 16.3. The number of rotatable bonds is 5. The Morgan fingerprint density at radius 3 is 2.90 bits per heavy atom. The number of aromatic nitrogens is 1. The van der Waals surface area contributed by atoms with Crippen molar-refractivity contribution >= 4 is 10.9 Å². The van der Waals surface area contributed by atoms with E-state index in [1.807, 2.05) is 25.3 Å². The van der Waals surface area contributed by atoms with Gasteiger partial charge in [0.2, 0.25) is 0 Å². The molecule has 0 radical (unpaired) electrons. The van der Waals surface area contributed by atoms with Gasteiger partial charge in [0.25, 0.3) is 0 Å². The molecule has 3 aromatic rings. The number of nitrogens with one attached hydrogen (secondary N) is 1. The van der Waals surface area contributed by atoms with Gasteiger partial charge in [-0.1, -0.05) is 25.1 Å². The van der Waals surface area contributed by atoms with Crippen LogP contribution in [0, 0.1) is 6.92 Å². The molecule has 3 heteroatoms. The Hall–Kier alpha value is -2.13. The van der Waals surface area contributed by atoms with Crippen LogP contribution >= 0.6 is 0 Å². The van der Waals surface area contributed by atoms with Crippen LogP contribution in [0.3, 0.4) is 0 Å². The number of furan rings is 1. The van der Waals surface area contributed by atoms with Crippen LogP contribution in [0.2, 0.25) is 0 Å². The molecule has 1 unspecified atom stereocenters. The Bertz CT molecular complexity index is 733. The van der Waals surface area contributed by atoms with Crippen molar-refractivity contribution in [1.29, 1.82) is 0 Å². The Morgan fingerprint density at radius 2 is 2.14 bits per heavy atom. The number of aryl methyl sites for hydroxylation is 1. The molecule has 1 N–H and O–H groups in total. The summed E-state index contributed by atoms with van der Waals surface area (Å²) in [6.07, 6.45) is 4.69. The van der Waals surface area contributed by atoms with E-state index in [4.69, 9.17) is 4.42 Å². The lowest BCUT2D eigenvalue weighted by atomic mass is 9.98. The summed E-state index contributed by atoms with van der Waals surface area (Å²) in [4.78, 5) is 4.46. The van der Waals surface area contributed by atoms with E-state index in [2.05, 4.69) is 41.5 Å². The first-order valence-electron chi connectivity index (χ1n) is 7.41. The van der Waals surface area contributed by atoms with Crippen molar-refractivity contribution in [3.8, 4) is 0 Å². The van der Waals surface area contributed by atoms with Crippen molar-refractivity contribution in [2.75, 3.05) is 6.54 Å². The lowest BCUT2D eigenvalue weighted by molar-refractivity contribution is 0.517. The third-order valence-electron chi connectivity index (χ3n) is 3.77. The molecule has 0 saturated carbocycles. The summed E-state index contributed by atoms with van der Waals surface area (Å²) in [5.41, 5.74) is 3.44. The molecule has 1 atom stereocenters. The molecule has 0 fully saturated rings. The number of hydrogen-bond donors (Lipinski definition) is 1. The molecular weight excluding hydrogens is 260 g/mol. The van der Waals surface area contributed by atoms with Crippen molar-refractivity contribution in [3.05, 3.63) is 65.7 Å². The highest BCUT2D eigenvalue weighted by molar-refractivity contribution is 5.79. The third-order valence-corrected chi connectivity index (χ3v) is 3.77. The molecule has 3 rings (SSSR count). The van der Waals surface area contributed by atoms with E-state index < -0.39 is 0 Å². The van der Waals surface area contributed by atoms with Crippen molar-refractivity contribution in [2.45, 2.75) is 26.3 Å². The second kappa shape index (κ2) is 6.10. The first-order valence-corrected chi connectivity index (χ1v) is 7.41. The normalized spacial score (nSPS) is 12.7. The van der Waals surface area contributed by atoms with E-state index in [9.17, 15) is 0 Å². The van der Waals surface area contributed by atoms with E-state index in [1.54, 1.807) is 6.26 Å². The number of nitrogens with zero attached hydrogens (tertiary/aromatic N) is 1. The standard InChI is InChI=1S/C18H20N2O/c1-3-9-20-18(16-8-11-21-13(16)2)15-7-6-14-5-4-10-19-17(14)12-15/h4-8,10-12,18,20H,3,9H2,1-2H3. The Labute approximate surface area is 125 Å². The molecule has 0 aliphatic heterocycles. The number of hydrogen-bond acceptors (Lipinski definition) is 3. The van der Waals surface area contributed by atoms with Crippen LogP contribution in [0.5, 0.6) is 0 Å². The van der Waals surface area contributed by atoms with Gasteiger partial charge in [0, 0.05) is 17.1 Å². The largest absolute Gasteiger partial charge is 0.469 e. The average Bonchev–Trinajstić information content (AvgIpc) is 2.94. The Morgan fingerprint density at radius 1 is 1.24 bits per heavy atom. The molecule has 1 aromatic carbocycles. The summed E-state index contributed by atoms with van der Waals surface area (Å²) < 4.78 is 5.48. The van der Waals surface area contributed by atoms with Crippen LogP contribution in [0.25, 0.3) is 10.9 Å². The van der Waals surface area contributed by atoms with E-state index in [0.717, 1.165) is 24.2 Å². The molecule has 0 aliphatic rings. The van der Waals surface area contributed by atoms with E-state index in [1.165, 1.54) is 16.5 Å². The van der Waals surface area contributed by atoms with Crippen LogP contribution in [0.15, 0.2) is 53.3 Å². The van der Waals surface area contributed by atoms with Gasteiger partial charge in [-0.05, 0) is 43.7 Å². The van der Waals surface area contributed by atoms with Crippen LogP contribution in [0.4, 0.5) is 0 Å². The number of fused-ring (bicyclic) bond motifs is 1. The molecule has 2 aromatic heterocycles. The molecule has 21 heavy (non-hydrogen) atoms. The van der Waals surface area contributed by atoms with Crippen LogP contribution < -0.4 is 5.32 Å². The summed E-state index contributed by atoms with van der Waals surface area (Å²) in [6.45, 7) is 5.15. The second-order valence-electron chi connectivity index (χ2n) is 5.27. The minimum absolute atomic E-state index is 0.148. The maximum absolute atomic E-state index is 5.48. The molecule has 0 bridgehead atoms. The molecular formula is C18H20N2O. The molecule has 0 aliphatic carbocycles. The monoisotopic (exact) mass is 280 g/mol. The molecule has 108 valence electrons. The molecule has 2 heterocycles. The van der Waals surface area contributed by atoms with E-state index >= 15 is 0 Å². The Balaban J connectivity index is 2.03. The summed E-state index contributed by atoms with van der Waals surface area (Å²) in [7, 11) is 0. The summed E-state index contributed by atoms with van der Waals surface area (Å²) >= 11 is 0. The van der Waals surface area contributed by atoms with Gasteiger partial charge in [-0.2, -0.15) is 0 Å².